The molecule has 1 heterocycles. The van der Waals surface area contributed by atoms with Crippen LogP contribution in [0.2, 0.25) is 5.02 Å². The van der Waals surface area contributed by atoms with Gasteiger partial charge in [0.15, 0.2) is 0 Å². The zero-order valence-corrected chi connectivity index (χ0v) is 9.55. The summed E-state index contributed by atoms with van der Waals surface area (Å²) in [6.45, 7) is 2.84. The minimum absolute atomic E-state index is 0.110. The summed E-state index contributed by atoms with van der Waals surface area (Å²) >= 11 is 5.73. The molecule has 1 amide bonds. The Kier molecular flexibility index (Phi) is 5.12. The number of carbonyl (C=O) groups excluding carboxylic acids is 1. The minimum atomic E-state index is -0.110. The van der Waals surface area contributed by atoms with Gasteiger partial charge in [-0.3, -0.25) is 9.78 Å². The molecule has 0 aliphatic carbocycles. The number of rotatable bonds is 5. The number of hydrogen-bond acceptors (Lipinski definition) is 2. The van der Waals surface area contributed by atoms with Crippen molar-refractivity contribution >= 4 is 17.5 Å². The predicted molar refractivity (Wildman–Crippen MR) is 61.1 cm³/mol. The average Bonchev–Trinajstić information content (AvgIpc) is 2.24. The Hall–Kier alpha value is -1.09. The topological polar surface area (TPSA) is 42.0 Å². The Labute approximate surface area is 94.9 Å². The zero-order valence-electron chi connectivity index (χ0n) is 8.79. The van der Waals surface area contributed by atoms with Crippen LogP contribution in [-0.4, -0.2) is 17.4 Å². The normalized spacial score (nSPS) is 10.0. The van der Waals surface area contributed by atoms with E-state index in [9.17, 15) is 4.79 Å². The van der Waals surface area contributed by atoms with Gasteiger partial charge in [0.1, 0.15) is 0 Å². The molecule has 15 heavy (non-hydrogen) atoms. The van der Waals surface area contributed by atoms with Crippen molar-refractivity contribution in [2.45, 2.75) is 26.2 Å². The van der Waals surface area contributed by atoms with Crippen LogP contribution in [0.15, 0.2) is 18.5 Å². The van der Waals surface area contributed by atoms with E-state index >= 15 is 0 Å². The van der Waals surface area contributed by atoms with Crippen LogP contribution in [0, 0.1) is 0 Å². The molecule has 0 fully saturated rings. The molecule has 1 N–H and O–H groups in total. The van der Waals surface area contributed by atoms with Gasteiger partial charge in [0.2, 0.25) is 0 Å². The number of nitrogens with one attached hydrogen (secondary N) is 1. The van der Waals surface area contributed by atoms with Crippen LogP contribution in [-0.2, 0) is 0 Å². The molecule has 1 aromatic rings. The second-order valence-electron chi connectivity index (χ2n) is 3.35. The Morgan fingerprint density at radius 2 is 2.27 bits per heavy atom. The first kappa shape index (κ1) is 12.0. The molecule has 0 aromatic carbocycles. The highest BCUT2D eigenvalue weighted by Crippen LogP contribution is 2.08. The van der Waals surface area contributed by atoms with Crippen molar-refractivity contribution < 1.29 is 4.79 Å². The maximum Gasteiger partial charge on any atom is 0.252 e. The standard InChI is InChI=1S/C11H15ClN2O/c1-2-3-4-5-14-11(15)9-6-10(12)8-13-7-9/h6-8H,2-5H2,1H3,(H,14,15). The highest BCUT2D eigenvalue weighted by atomic mass is 35.5. The van der Waals surface area contributed by atoms with E-state index in [0.29, 0.717) is 17.1 Å². The number of amides is 1. The lowest BCUT2D eigenvalue weighted by atomic mass is 10.2. The van der Waals surface area contributed by atoms with Crippen molar-refractivity contribution in [3.05, 3.63) is 29.0 Å². The molecule has 0 bridgehead atoms. The van der Waals surface area contributed by atoms with Gasteiger partial charge < -0.3 is 5.32 Å². The van der Waals surface area contributed by atoms with Crippen molar-refractivity contribution in [2.75, 3.05) is 6.54 Å². The van der Waals surface area contributed by atoms with Crippen LogP contribution in [0.25, 0.3) is 0 Å². The van der Waals surface area contributed by atoms with Gasteiger partial charge in [-0.2, -0.15) is 0 Å². The fourth-order valence-corrected chi connectivity index (χ4v) is 1.39. The van der Waals surface area contributed by atoms with Gasteiger partial charge in [-0.25, -0.2) is 0 Å². The van der Waals surface area contributed by atoms with Crippen LogP contribution >= 0.6 is 11.6 Å². The van der Waals surface area contributed by atoms with E-state index in [2.05, 4.69) is 17.2 Å². The van der Waals surface area contributed by atoms with Crippen LogP contribution in [0.1, 0.15) is 36.5 Å². The number of aromatic nitrogens is 1. The van der Waals surface area contributed by atoms with E-state index < -0.39 is 0 Å². The fourth-order valence-electron chi connectivity index (χ4n) is 1.22. The first-order valence-corrected chi connectivity index (χ1v) is 5.50. The van der Waals surface area contributed by atoms with Gasteiger partial charge in [-0.1, -0.05) is 31.4 Å². The molecule has 4 heteroatoms. The second-order valence-corrected chi connectivity index (χ2v) is 3.79. The van der Waals surface area contributed by atoms with E-state index in [-0.39, 0.29) is 5.91 Å². The Bertz CT molecular complexity index is 328. The summed E-state index contributed by atoms with van der Waals surface area (Å²) in [4.78, 5) is 15.4. The number of unbranched alkanes of at least 4 members (excludes halogenated alkanes) is 2. The molecule has 1 rings (SSSR count). The fraction of sp³-hybridized carbons (Fsp3) is 0.455. The van der Waals surface area contributed by atoms with E-state index in [1.54, 1.807) is 6.07 Å². The maximum absolute atomic E-state index is 11.6. The third-order valence-electron chi connectivity index (χ3n) is 2.03. The molecule has 0 saturated carbocycles. The first-order valence-electron chi connectivity index (χ1n) is 5.12. The monoisotopic (exact) mass is 226 g/mol. The molecular weight excluding hydrogens is 212 g/mol. The summed E-state index contributed by atoms with van der Waals surface area (Å²) in [5.74, 6) is -0.110. The number of nitrogens with zero attached hydrogens (tertiary/aromatic N) is 1. The molecule has 0 radical (unpaired) electrons. The van der Waals surface area contributed by atoms with Gasteiger partial charge in [0.25, 0.3) is 5.91 Å². The smallest absolute Gasteiger partial charge is 0.252 e. The summed E-state index contributed by atoms with van der Waals surface area (Å²) in [6, 6.07) is 1.61. The lowest BCUT2D eigenvalue weighted by molar-refractivity contribution is 0.0952. The SMILES string of the molecule is CCCCCNC(=O)c1cncc(Cl)c1. The van der Waals surface area contributed by atoms with E-state index in [0.717, 1.165) is 19.3 Å². The summed E-state index contributed by atoms with van der Waals surface area (Å²) in [6.07, 6.45) is 6.31. The van der Waals surface area contributed by atoms with Gasteiger partial charge in [0.05, 0.1) is 10.6 Å². The van der Waals surface area contributed by atoms with E-state index in [4.69, 9.17) is 11.6 Å². The third-order valence-corrected chi connectivity index (χ3v) is 2.24. The molecule has 0 aliphatic heterocycles. The second kappa shape index (κ2) is 6.40. The lowest BCUT2D eigenvalue weighted by Crippen LogP contribution is -2.24. The predicted octanol–water partition coefficient (Wildman–Crippen LogP) is 2.66. The van der Waals surface area contributed by atoms with E-state index in [1.165, 1.54) is 12.4 Å². The largest absolute Gasteiger partial charge is 0.352 e. The minimum Gasteiger partial charge on any atom is -0.352 e. The van der Waals surface area contributed by atoms with Crippen LogP contribution in [0.3, 0.4) is 0 Å². The summed E-state index contributed by atoms with van der Waals surface area (Å²) < 4.78 is 0. The van der Waals surface area contributed by atoms with E-state index in [1.807, 2.05) is 0 Å². The molecular formula is C11H15ClN2O. The molecule has 1 aromatic heterocycles. The molecule has 0 unspecified atom stereocenters. The summed E-state index contributed by atoms with van der Waals surface area (Å²) in [5.41, 5.74) is 0.513. The Morgan fingerprint density at radius 1 is 1.47 bits per heavy atom. The number of hydrogen-bond donors (Lipinski definition) is 1. The molecule has 82 valence electrons. The van der Waals surface area contributed by atoms with Crippen LogP contribution < -0.4 is 5.32 Å². The van der Waals surface area contributed by atoms with Crippen molar-refractivity contribution in [3.63, 3.8) is 0 Å². The molecule has 0 atom stereocenters. The van der Waals surface area contributed by atoms with Crippen molar-refractivity contribution in [3.8, 4) is 0 Å². The first-order chi connectivity index (χ1) is 7.24. The highest BCUT2D eigenvalue weighted by Gasteiger charge is 2.04. The van der Waals surface area contributed by atoms with Gasteiger partial charge in [-0.15, -0.1) is 0 Å². The summed E-state index contributed by atoms with van der Waals surface area (Å²) in [7, 11) is 0. The number of halogens is 1. The summed E-state index contributed by atoms with van der Waals surface area (Å²) in [5, 5.41) is 3.31. The zero-order chi connectivity index (χ0) is 11.1. The third kappa shape index (κ3) is 4.30. The average molecular weight is 227 g/mol. The number of carbonyl (C=O) groups is 1. The number of pyridine rings is 1. The van der Waals surface area contributed by atoms with Crippen molar-refractivity contribution in [1.29, 1.82) is 0 Å². The Balaban J connectivity index is 2.40. The molecule has 0 saturated heterocycles. The molecule has 3 nitrogen and oxygen atoms in total. The van der Waals surface area contributed by atoms with Crippen LogP contribution in [0.4, 0.5) is 0 Å². The quantitative estimate of drug-likeness (QED) is 0.785. The van der Waals surface area contributed by atoms with Crippen molar-refractivity contribution in [2.24, 2.45) is 0 Å². The van der Waals surface area contributed by atoms with Gasteiger partial charge in [0, 0.05) is 18.9 Å². The van der Waals surface area contributed by atoms with Crippen LogP contribution in [0.5, 0.6) is 0 Å². The highest BCUT2D eigenvalue weighted by molar-refractivity contribution is 6.30. The Morgan fingerprint density at radius 3 is 2.93 bits per heavy atom. The maximum atomic E-state index is 11.6. The molecule has 0 spiro atoms. The van der Waals surface area contributed by atoms with Crippen molar-refractivity contribution in [1.82, 2.24) is 10.3 Å². The lowest BCUT2D eigenvalue weighted by Gasteiger charge is -2.04. The van der Waals surface area contributed by atoms with Gasteiger partial charge >= 0.3 is 0 Å². The van der Waals surface area contributed by atoms with Gasteiger partial charge in [-0.05, 0) is 12.5 Å². The molecule has 0 aliphatic rings.